The zero-order valence-electron chi connectivity index (χ0n) is 11.1. The van der Waals surface area contributed by atoms with Gasteiger partial charge >= 0.3 is 0 Å². The Balaban J connectivity index is 2.01. The minimum atomic E-state index is -0.315. The molecule has 2 N–H and O–H groups in total. The van der Waals surface area contributed by atoms with Crippen LogP contribution in [0.5, 0.6) is 0 Å². The van der Waals surface area contributed by atoms with Crippen molar-refractivity contribution in [1.29, 1.82) is 0 Å². The highest BCUT2D eigenvalue weighted by atomic mass is 35.5. The maximum Gasteiger partial charge on any atom is 0.260 e. The fraction of sp³-hybridized carbons (Fsp3) is 0.0667. The maximum absolute atomic E-state index is 13.6. The molecule has 4 nitrogen and oxygen atoms in total. The van der Waals surface area contributed by atoms with Gasteiger partial charge in [-0.15, -0.1) is 0 Å². The van der Waals surface area contributed by atoms with Gasteiger partial charge in [0.2, 0.25) is 5.82 Å². The standard InChI is InChI=1S/C15H11ClFN3O/c1-8-2-3-9(6-12(8)17)14-19-15(21-20-14)11-5-4-10(16)7-13(11)18/h2-7H,18H2,1H3. The molecule has 0 unspecified atom stereocenters. The quantitative estimate of drug-likeness (QED) is 0.724. The van der Waals surface area contributed by atoms with E-state index in [1.165, 1.54) is 6.07 Å². The second-order valence-electron chi connectivity index (χ2n) is 4.62. The van der Waals surface area contributed by atoms with E-state index in [1.807, 2.05) is 0 Å². The number of aryl methyl sites for hydroxylation is 1. The molecular formula is C15H11ClFN3O. The Morgan fingerprint density at radius 3 is 2.71 bits per heavy atom. The van der Waals surface area contributed by atoms with E-state index in [0.717, 1.165) is 0 Å². The van der Waals surface area contributed by atoms with Gasteiger partial charge in [-0.05, 0) is 36.8 Å². The number of hydrogen-bond acceptors (Lipinski definition) is 4. The minimum absolute atomic E-state index is 0.264. The number of halogens is 2. The molecule has 1 heterocycles. The summed E-state index contributed by atoms with van der Waals surface area (Å²) in [5.74, 6) is 0.253. The largest absolute Gasteiger partial charge is 0.398 e. The molecule has 0 saturated heterocycles. The third-order valence-electron chi connectivity index (χ3n) is 3.10. The van der Waals surface area contributed by atoms with Crippen LogP contribution in [0, 0.1) is 12.7 Å². The molecule has 1 aromatic heterocycles. The molecule has 0 radical (unpaired) electrons. The molecule has 6 heteroatoms. The molecule has 106 valence electrons. The molecule has 0 saturated carbocycles. The second-order valence-corrected chi connectivity index (χ2v) is 5.06. The van der Waals surface area contributed by atoms with Crippen molar-refractivity contribution in [2.45, 2.75) is 6.92 Å². The van der Waals surface area contributed by atoms with Crippen molar-refractivity contribution in [3.05, 3.63) is 52.8 Å². The van der Waals surface area contributed by atoms with Crippen molar-refractivity contribution in [3.8, 4) is 22.8 Å². The molecule has 3 rings (SSSR count). The van der Waals surface area contributed by atoms with Crippen LogP contribution in [0.3, 0.4) is 0 Å². The van der Waals surface area contributed by atoms with Crippen LogP contribution in [0.4, 0.5) is 10.1 Å². The van der Waals surface area contributed by atoms with E-state index in [9.17, 15) is 4.39 Å². The number of benzene rings is 2. The molecule has 0 aliphatic carbocycles. The van der Waals surface area contributed by atoms with E-state index in [2.05, 4.69) is 10.1 Å². The first-order chi connectivity index (χ1) is 10.0. The highest BCUT2D eigenvalue weighted by Gasteiger charge is 2.14. The van der Waals surface area contributed by atoms with Crippen LogP contribution in [0.2, 0.25) is 5.02 Å². The highest BCUT2D eigenvalue weighted by Crippen LogP contribution is 2.29. The molecule has 0 amide bonds. The summed E-state index contributed by atoms with van der Waals surface area (Å²) in [5, 5.41) is 4.38. The smallest absolute Gasteiger partial charge is 0.260 e. The lowest BCUT2D eigenvalue weighted by Crippen LogP contribution is -1.90. The highest BCUT2D eigenvalue weighted by molar-refractivity contribution is 6.31. The Bertz CT molecular complexity index is 816. The summed E-state index contributed by atoms with van der Waals surface area (Å²) in [4.78, 5) is 4.24. The number of hydrogen-bond donors (Lipinski definition) is 1. The van der Waals surface area contributed by atoms with E-state index >= 15 is 0 Å². The van der Waals surface area contributed by atoms with Crippen molar-refractivity contribution < 1.29 is 8.91 Å². The number of nitrogen functional groups attached to an aromatic ring is 1. The zero-order chi connectivity index (χ0) is 15.0. The van der Waals surface area contributed by atoms with E-state index in [4.69, 9.17) is 21.9 Å². The third-order valence-corrected chi connectivity index (χ3v) is 3.34. The molecule has 21 heavy (non-hydrogen) atoms. The van der Waals surface area contributed by atoms with Gasteiger partial charge in [0.25, 0.3) is 5.89 Å². The third kappa shape index (κ3) is 2.60. The van der Waals surface area contributed by atoms with E-state index in [-0.39, 0.29) is 11.7 Å². The summed E-state index contributed by atoms with van der Waals surface area (Å²) < 4.78 is 18.8. The van der Waals surface area contributed by atoms with Crippen LogP contribution in [-0.2, 0) is 0 Å². The monoisotopic (exact) mass is 303 g/mol. The van der Waals surface area contributed by atoms with Crippen LogP contribution in [0.15, 0.2) is 40.9 Å². The summed E-state index contributed by atoms with van der Waals surface area (Å²) >= 11 is 5.85. The normalized spacial score (nSPS) is 10.8. The lowest BCUT2D eigenvalue weighted by atomic mass is 10.1. The number of aromatic nitrogens is 2. The van der Waals surface area contributed by atoms with Gasteiger partial charge in [-0.3, -0.25) is 0 Å². The Morgan fingerprint density at radius 2 is 2.00 bits per heavy atom. The van der Waals surface area contributed by atoms with E-state index in [1.54, 1.807) is 37.3 Å². The van der Waals surface area contributed by atoms with Crippen molar-refractivity contribution in [1.82, 2.24) is 10.1 Å². The van der Waals surface area contributed by atoms with Gasteiger partial charge < -0.3 is 10.3 Å². The number of nitrogens with zero attached hydrogens (tertiary/aromatic N) is 2. The lowest BCUT2D eigenvalue weighted by Gasteiger charge is -2.00. The molecule has 0 bridgehead atoms. The first-order valence-electron chi connectivity index (χ1n) is 6.20. The van der Waals surface area contributed by atoms with Gasteiger partial charge in [0, 0.05) is 16.3 Å². The molecule has 0 fully saturated rings. The molecule has 0 aliphatic heterocycles. The Hall–Kier alpha value is -2.40. The van der Waals surface area contributed by atoms with Crippen molar-refractivity contribution in [3.63, 3.8) is 0 Å². The number of anilines is 1. The van der Waals surface area contributed by atoms with E-state index in [0.29, 0.717) is 33.2 Å². The average Bonchev–Trinajstić information content (AvgIpc) is 2.91. The van der Waals surface area contributed by atoms with Crippen LogP contribution in [-0.4, -0.2) is 10.1 Å². The predicted octanol–water partition coefficient (Wildman–Crippen LogP) is 4.09. The molecule has 3 aromatic rings. The first-order valence-corrected chi connectivity index (χ1v) is 6.58. The summed E-state index contributed by atoms with van der Waals surface area (Å²) in [6.07, 6.45) is 0. The molecule has 2 aromatic carbocycles. The van der Waals surface area contributed by atoms with Gasteiger partial charge in [0.15, 0.2) is 0 Å². The number of rotatable bonds is 2. The first kappa shape index (κ1) is 13.6. The Labute approximate surface area is 125 Å². The predicted molar refractivity (Wildman–Crippen MR) is 79.3 cm³/mol. The van der Waals surface area contributed by atoms with Gasteiger partial charge in [-0.2, -0.15) is 4.98 Å². The topological polar surface area (TPSA) is 64.9 Å². The Morgan fingerprint density at radius 1 is 1.19 bits per heavy atom. The fourth-order valence-corrected chi connectivity index (χ4v) is 2.09. The van der Waals surface area contributed by atoms with Crippen LogP contribution in [0.1, 0.15) is 5.56 Å². The average molecular weight is 304 g/mol. The molecule has 0 atom stereocenters. The maximum atomic E-state index is 13.6. The summed E-state index contributed by atoms with van der Waals surface area (Å²) in [5.41, 5.74) is 8.00. The van der Waals surface area contributed by atoms with Gasteiger partial charge in [0.1, 0.15) is 5.82 Å². The van der Waals surface area contributed by atoms with Crippen molar-refractivity contribution >= 4 is 17.3 Å². The summed E-state index contributed by atoms with van der Waals surface area (Å²) in [6.45, 7) is 1.69. The van der Waals surface area contributed by atoms with Gasteiger partial charge in [-0.1, -0.05) is 28.9 Å². The van der Waals surface area contributed by atoms with Crippen LogP contribution < -0.4 is 5.73 Å². The van der Waals surface area contributed by atoms with Crippen molar-refractivity contribution in [2.75, 3.05) is 5.73 Å². The summed E-state index contributed by atoms with van der Waals surface area (Å²) in [6, 6.07) is 9.75. The zero-order valence-corrected chi connectivity index (χ0v) is 11.9. The van der Waals surface area contributed by atoms with Crippen LogP contribution in [0.25, 0.3) is 22.8 Å². The SMILES string of the molecule is Cc1ccc(-c2noc(-c3ccc(Cl)cc3N)n2)cc1F. The second kappa shape index (κ2) is 5.18. The van der Waals surface area contributed by atoms with Gasteiger partial charge in [-0.25, -0.2) is 4.39 Å². The molecule has 0 spiro atoms. The molecular weight excluding hydrogens is 293 g/mol. The van der Waals surface area contributed by atoms with Crippen LogP contribution >= 0.6 is 11.6 Å². The Kier molecular flexibility index (Phi) is 3.35. The fourth-order valence-electron chi connectivity index (χ4n) is 1.91. The van der Waals surface area contributed by atoms with Gasteiger partial charge in [0.05, 0.1) is 5.56 Å². The minimum Gasteiger partial charge on any atom is -0.398 e. The lowest BCUT2D eigenvalue weighted by molar-refractivity contribution is 0.432. The number of nitrogens with two attached hydrogens (primary N) is 1. The van der Waals surface area contributed by atoms with E-state index < -0.39 is 0 Å². The summed E-state index contributed by atoms with van der Waals surface area (Å²) in [7, 11) is 0. The van der Waals surface area contributed by atoms with Crippen molar-refractivity contribution in [2.24, 2.45) is 0 Å². The molecule has 0 aliphatic rings.